The van der Waals surface area contributed by atoms with E-state index in [1.54, 1.807) is 26.4 Å². The third-order valence-electron chi connectivity index (χ3n) is 3.65. The summed E-state index contributed by atoms with van der Waals surface area (Å²) < 4.78 is 10.6. The first kappa shape index (κ1) is 17.4. The van der Waals surface area contributed by atoms with Gasteiger partial charge in [-0.3, -0.25) is 4.79 Å². The van der Waals surface area contributed by atoms with Crippen molar-refractivity contribution in [3.8, 4) is 11.5 Å². The molecule has 0 fully saturated rings. The molecule has 0 aliphatic rings. The van der Waals surface area contributed by atoms with Crippen molar-refractivity contribution >= 4 is 22.9 Å². The van der Waals surface area contributed by atoms with Gasteiger partial charge in [-0.05, 0) is 49.2 Å². The maximum absolute atomic E-state index is 12.3. The van der Waals surface area contributed by atoms with Crippen LogP contribution >= 0.6 is 0 Å². The normalized spacial score (nSPS) is 11.1. The zero-order valence-corrected chi connectivity index (χ0v) is 14.3. The minimum Gasteiger partial charge on any atom is -0.497 e. The summed E-state index contributed by atoms with van der Waals surface area (Å²) in [6.45, 7) is 3.79. The van der Waals surface area contributed by atoms with Crippen molar-refractivity contribution in [3.05, 3.63) is 53.6 Å². The minimum absolute atomic E-state index is 0.248. The summed E-state index contributed by atoms with van der Waals surface area (Å²) in [5, 5.41) is 2.81. The molecule has 2 aromatic rings. The van der Waals surface area contributed by atoms with Crippen molar-refractivity contribution in [3.63, 3.8) is 0 Å². The quantitative estimate of drug-likeness (QED) is 0.650. The third-order valence-corrected chi connectivity index (χ3v) is 3.65. The van der Waals surface area contributed by atoms with Gasteiger partial charge in [0.25, 0.3) is 0 Å². The molecular formula is C19H22N2O3. The molecule has 3 N–H and O–H groups in total. The highest BCUT2D eigenvalue weighted by Crippen LogP contribution is 2.30. The van der Waals surface area contributed by atoms with E-state index >= 15 is 0 Å². The van der Waals surface area contributed by atoms with Crippen molar-refractivity contribution in [2.45, 2.75) is 13.8 Å². The fourth-order valence-electron chi connectivity index (χ4n) is 2.35. The van der Waals surface area contributed by atoms with Crippen LogP contribution in [0.25, 0.3) is 5.57 Å². The van der Waals surface area contributed by atoms with Gasteiger partial charge in [0.15, 0.2) is 0 Å². The molecule has 0 unspecified atom stereocenters. The molecule has 0 aromatic heterocycles. The number of nitrogen functional groups attached to an aromatic ring is 1. The van der Waals surface area contributed by atoms with Gasteiger partial charge in [0.1, 0.15) is 11.5 Å². The van der Waals surface area contributed by atoms with E-state index in [-0.39, 0.29) is 5.91 Å². The first-order chi connectivity index (χ1) is 11.4. The molecular weight excluding hydrogens is 304 g/mol. The number of nitrogens with two attached hydrogens (primary N) is 1. The van der Waals surface area contributed by atoms with E-state index < -0.39 is 0 Å². The number of anilines is 2. The smallest absolute Gasteiger partial charge is 0.248 e. The van der Waals surface area contributed by atoms with Gasteiger partial charge in [-0.2, -0.15) is 0 Å². The predicted octanol–water partition coefficient (Wildman–Crippen LogP) is 3.64. The molecule has 5 nitrogen and oxygen atoms in total. The molecule has 0 saturated heterocycles. The molecule has 0 spiro atoms. The number of allylic oxidation sites excluding steroid dienone is 1. The number of methoxy groups -OCH3 is 2. The average Bonchev–Trinajstić information content (AvgIpc) is 2.57. The Morgan fingerprint density at radius 2 is 1.88 bits per heavy atom. The lowest BCUT2D eigenvalue weighted by molar-refractivity contribution is -0.111. The van der Waals surface area contributed by atoms with Gasteiger partial charge in [0.2, 0.25) is 5.91 Å². The summed E-state index contributed by atoms with van der Waals surface area (Å²) >= 11 is 0. The largest absolute Gasteiger partial charge is 0.497 e. The number of hydrogen-bond donors (Lipinski definition) is 2. The van der Waals surface area contributed by atoms with E-state index in [4.69, 9.17) is 15.2 Å². The van der Waals surface area contributed by atoms with E-state index in [0.29, 0.717) is 22.9 Å². The number of hydrogen-bond acceptors (Lipinski definition) is 4. The molecule has 2 aromatic carbocycles. The van der Waals surface area contributed by atoms with Crippen molar-refractivity contribution in [1.82, 2.24) is 0 Å². The molecule has 126 valence electrons. The van der Waals surface area contributed by atoms with Crippen LogP contribution < -0.4 is 20.5 Å². The second-order valence-corrected chi connectivity index (χ2v) is 5.47. The lowest BCUT2D eigenvalue weighted by Crippen LogP contribution is -2.10. The highest BCUT2D eigenvalue weighted by atomic mass is 16.5. The second kappa shape index (κ2) is 7.55. The molecule has 2 rings (SSSR count). The van der Waals surface area contributed by atoms with Crippen LogP contribution in [0.2, 0.25) is 0 Å². The number of benzene rings is 2. The Labute approximate surface area is 142 Å². The van der Waals surface area contributed by atoms with Crippen LogP contribution in [-0.4, -0.2) is 20.1 Å². The lowest BCUT2D eigenvalue weighted by atomic mass is 10.1. The van der Waals surface area contributed by atoms with E-state index in [2.05, 4.69) is 5.32 Å². The molecule has 0 heterocycles. The predicted molar refractivity (Wildman–Crippen MR) is 97.4 cm³/mol. The average molecular weight is 326 g/mol. The van der Waals surface area contributed by atoms with Crippen LogP contribution in [0.5, 0.6) is 11.5 Å². The second-order valence-electron chi connectivity index (χ2n) is 5.47. The first-order valence-electron chi connectivity index (χ1n) is 7.52. The van der Waals surface area contributed by atoms with Crippen LogP contribution in [0.1, 0.15) is 18.1 Å². The number of carbonyl (C=O) groups is 1. The fraction of sp³-hybridized carbons (Fsp3) is 0.211. The summed E-state index contributed by atoms with van der Waals surface area (Å²) in [6, 6.07) is 11.0. The summed E-state index contributed by atoms with van der Waals surface area (Å²) in [7, 11) is 3.18. The van der Waals surface area contributed by atoms with Crippen molar-refractivity contribution in [2.75, 3.05) is 25.3 Å². The van der Waals surface area contributed by atoms with Gasteiger partial charge in [-0.1, -0.05) is 6.07 Å². The summed E-state index contributed by atoms with van der Waals surface area (Å²) in [4.78, 5) is 12.3. The number of amides is 1. The SMILES string of the molecule is COc1ccc(/C(C)=C/C(=O)Nc2cc(C)ccc2N)c(OC)c1. The Morgan fingerprint density at radius 3 is 2.54 bits per heavy atom. The Morgan fingerprint density at radius 1 is 1.12 bits per heavy atom. The Hall–Kier alpha value is -2.95. The molecule has 0 atom stereocenters. The summed E-state index contributed by atoms with van der Waals surface area (Å²) in [5.41, 5.74) is 9.65. The molecule has 0 radical (unpaired) electrons. The number of ether oxygens (including phenoxy) is 2. The van der Waals surface area contributed by atoms with Crippen LogP contribution in [0.3, 0.4) is 0 Å². The fourth-order valence-corrected chi connectivity index (χ4v) is 2.35. The highest BCUT2D eigenvalue weighted by molar-refractivity contribution is 6.05. The third kappa shape index (κ3) is 4.07. The van der Waals surface area contributed by atoms with Crippen LogP contribution in [0.15, 0.2) is 42.5 Å². The zero-order valence-electron chi connectivity index (χ0n) is 14.3. The number of carbonyl (C=O) groups excluding carboxylic acids is 1. The number of aryl methyl sites for hydroxylation is 1. The van der Waals surface area contributed by atoms with Gasteiger partial charge in [0.05, 0.1) is 25.6 Å². The van der Waals surface area contributed by atoms with Crippen molar-refractivity contribution in [1.29, 1.82) is 0 Å². The van der Waals surface area contributed by atoms with Crippen molar-refractivity contribution < 1.29 is 14.3 Å². The van der Waals surface area contributed by atoms with Crippen LogP contribution in [-0.2, 0) is 4.79 Å². The zero-order chi connectivity index (χ0) is 17.7. The maximum atomic E-state index is 12.3. The van der Waals surface area contributed by atoms with E-state index in [0.717, 1.165) is 16.7 Å². The minimum atomic E-state index is -0.248. The molecule has 0 saturated carbocycles. The first-order valence-corrected chi connectivity index (χ1v) is 7.52. The van der Waals surface area contributed by atoms with E-state index in [1.165, 1.54) is 6.08 Å². The molecule has 0 aliphatic carbocycles. The molecule has 0 bridgehead atoms. The topological polar surface area (TPSA) is 73.6 Å². The standard InChI is InChI=1S/C19H22N2O3/c1-12-5-8-16(20)17(9-12)21-19(22)10-13(2)15-7-6-14(23-3)11-18(15)24-4/h5-11H,20H2,1-4H3,(H,21,22)/b13-10+. The molecule has 1 amide bonds. The molecule has 0 aliphatic heterocycles. The number of rotatable bonds is 5. The van der Waals surface area contributed by atoms with E-state index in [9.17, 15) is 4.79 Å². The van der Waals surface area contributed by atoms with Gasteiger partial charge in [-0.15, -0.1) is 0 Å². The monoisotopic (exact) mass is 326 g/mol. The van der Waals surface area contributed by atoms with Crippen LogP contribution in [0, 0.1) is 6.92 Å². The Balaban J connectivity index is 2.24. The Bertz CT molecular complexity index is 782. The van der Waals surface area contributed by atoms with Crippen LogP contribution in [0.4, 0.5) is 11.4 Å². The Kier molecular flexibility index (Phi) is 5.47. The van der Waals surface area contributed by atoms with Gasteiger partial charge in [0, 0.05) is 17.7 Å². The molecule has 5 heteroatoms. The summed E-state index contributed by atoms with van der Waals surface area (Å²) in [6.07, 6.45) is 1.52. The molecule has 24 heavy (non-hydrogen) atoms. The van der Waals surface area contributed by atoms with E-state index in [1.807, 2.05) is 38.1 Å². The van der Waals surface area contributed by atoms with Crippen molar-refractivity contribution in [2.24, 2.45) is 0 Å². The lowest BCUT2D eigenvalue weighted by Gasteiger charge is -2.11. The number of nitrogens with one attached hydrogen (secondary N) is 1. The van der Waals surface area contributed by atoms with Gasteiger partial charge in [-0.25, -0.2) is 0 Å². The highest BCUT2D eigenvalue weighted by Gasteiger charge is 2.09. The maximum Gasteiger partial charge on any atom is 0.248 e. The summed E-state index contributed by atoms with van der Waals surface area (Å²) in [5.74, 6) is 1.09. The van der Waals surface area contributed by atoms with Gasteiger partial charge < -0.3 is 20.5 Å². The van der Waals surface area contributed by atoms with Gasteiger partial charge >= 0.3 is 0 Å².